The first-order chi connectivity index (χ1) is 13.2. The number of sulfone groups is 1. The topological polar surface area (TPSA) is 127 Å². The highest BCUT2D eigenvalue weighted by molar-refractivity contribution is 7.91. The normalized spacial score (nSPS) is 21.8. The lowest BCUT2D eigenvalue weighted by molar-refractivity contribution is -0.157. The van der Waals surface area contributed by atoms with Gasteiger partial charge in [-0.3, -0.25) is 24.1 Å². The molecule has 0 bridgehead atoms. The number of nitrogens with one attached hydrogen (secondary N) is 1. The molecule has 0 unspecified atom stereocenters. The van der Waals surface area contributed by atoms with Gasteiger partial charge in [-0.15, -0.1) is 0 Å². The predicted octanol–water partition coefficient (Wildman–Crippen LogP) is -0.553. The molecule has 3 rings (SSSR count). The van der Waals surface area contributed by atoms with E-state index in [9.17, 15) is 27.6 Å². The number of hydrogen-bond donors (Lipinski definition) is 1. The lowest BCUT2D eigenvalue weighted by Gasteiger charge is -2.26. The summed E-state index contributed by atoms with van der Waals surface area (Å²) in [5.74, 6) is -2.77. The molecule has 1 saturated heterocycles. The summed E-state index contributed by atoms with van der Waals surface area (Å²) in [7, 11) is -3.15. The van der Waals surface area contributed by atoms with E-state index in [0.717, 1.165) is 4.90 Å². The van der Waals surface area contributed by atoms with E-state index in [1.807, 2.05) is 0 Å². The van der Waals surface area contributed by atoms with E-state index in [-0.39, 0.29) is 17.9 Å². The van der Waals surface area contributed by atoms with Gasteiger partial charge in [0.2, 0.25) is 5.91 Å². The Balaban J connectivity index is 1.55. The summed E-state index contributed by atoms with van der Waals surface area (Å²) >= 11 is 0. The van der Waals surface area contributed by atoms with Crippen molar-refractivity contribution in [1.29, 1.82) is 0 Å². The Bertz CT molecular complexity index is 941. The van der Waals surface area contributed by atoms with E-state index in [2.05, 4.69) is 5.32 Å². The number of carbonyl (C=O) groups is 4. The number of carbonyl (C=O) groups excluding carboxylic acids is 4. The minimum Gasteiger partial charge on any atom is -0.451 e. The van der Waals surface area contributed by atoms with Gasteiger partial charge in [0, 0.05) is 11.6 Å². The lowest BCUT2D eigenvalue weighted by atomic mass is 9.98. The molecular weight excluding hydrogens is 388 g/mol. The van der Waals surface area contributed by atoms with Crippen molar-refractivity contribution in [2.24, 2.45) is 0 Å². The van der Waals surface area contributed by atoms with Crippen molar-refractivity contribution in [2.45, 2.75) is 31.9 Å². The largest absolute Gasteiger partial charge is 0.451 e. The number of esters is 1. The molecule has 9 nitrogen and oxygen atoms in total. The summed E-state index contributed by atoms with van der Waals surface area (Å²) in [4.78, 5) is 49.6. The molecule has 2 aliphatic heterocycles. The van der Waals surface area contributed by atoms with Gasteiger partial charge in [0.05, 0.1) is 17.9 Å². The average Bonchev–Trinajstić information content (AvgIpc) is 2.97. The summed E-state index contributed by atoms with van der Waals surface area (Å²) in [6, 6.07) is 6.13. The van der Waals surface area contributed by atoms with E-state index in [4.69, 9.17) is 4.74 Å². The Labute approximate surface area is 161 Å². The molecule has 10 heteroatoms. The number of benzene rings is 1. The summed E-state index contributed by atoms with van der Waals surface area (Å²) in [5.41, 5.74) is 0.949. The van der Waals surface area contributed by atoms with Crippen LogP contribution in [-0.2, 0) is 35.4 Å². The van der Waals surface area contributed by atoms with Crippen molar-refractivity contribution in [1.82, 2.24) is 10.2 Å². The quantitative estimate of drug-likeness (QED) is 0.511. The van der Waals surface area contributed by atoms with E-state index >= 15 is 0 Å². The molecular formula is C18H20N2O7S. The fourth-order valence-corrected chi connectivity index (χ4v) is 4.88. The van der Waals surface area contributed by atoms with Crippen LogP contribution in [0, 0.1) is 0 Å². The number of hydrogen-bond acceptors (Lipinski definition) is 7. The minimum absolute atomic E-state index is 0.00138. The van der Waals surface area contributed by atoms with Crippen LogP contribution in [0.5, 0.6) is 0 Å². The van der Waals surface area contributed by atoms with Crippen molar-refractivity contribution in [3.8, 4) is 0 Å². The monoisotopic (exact) mass is 408 g/mol. The molecule has 1 N–H and O–H groups in total. The summed E-state index contributed by atoms with van der Waals surface area (Å²) in [6.45, 7) is 0.743. The molecule has 150 valence electrons. The van der Waals surface area contributed by atoms with E-state index in [1.54, 1.807) is 24.3 Å². The summed E-state index contributed by atoms with van der Waals surface area (Å²) in [5, 5.41) is 2.53. The summed E-state index contributed by atoms with van der Waals surface area (Å²) < 4.78 is 27.9. The first kappa shape index (κ1) is 20.0. The maximum atomic E-state index is 12.4. The zero-order valence-corrected chi connectivity index (χ0v) is 16.0. The van der Waals surface area contributed by atoms with Crippen LogP contribution in [0.4, 0.5) is 0 Å². The number of imide groups is 1. The predicted molar refractivity (Wildman–Crippen MR) is 96.9 cm³/mol. The summed E-state index contributed by atoms with van der Waals surface area (Å²) in [6.07, 6.45) is -0.871. The van der Waals surface area contributed by atoms with Crippen LogP contribution in [0.1, 0.15) is 29.3 Å². The van der Waals surface area contributed by atoms with Crippen LogP contribution in [0.2, 0.25) is 0 Å². The van der Waals surface area contributed by atoms with Gasteiger partial charge in [-0.2, -0.15) is 0 Å². The first-order valence-corrected chi connectivity index (χ1v) is 10.6. The van der Waals surface area contributed by atoms with E-state index in [0.29, 0.717) is 17.5 Å². The first-order valence-electron chi connectivity index (χ1n) is 8.79. The van der Waals surface area contributed by atoms with Crippen LogP contribution < -0.4 is 5.32 Å². The Kier molecular flexibility index (Phi) is 5.50. The van der Waals surface area contributed by atoms with Gasteiger partial charge in [-0.1, -0.05) is 18.2 Å². The third-order valence-corrected chi connectivity index (χ3v) is 6.45. The second-order valence-electron chi connectivity index (χ2n) is 6.86. The van der Waals surface area contributed by atoms with E-state index < -0.39 is 52.2 Å². The fourth-order valence-electron chi connectivity index (χ4n) is 3.20. The third kappa shape index (κ3) is 4.38. The van der Waals surface area contributed by atoms with Crippen LogP contribution in [0.3, 0.4) is 0 Å². The highest BCUT2D eigenvalue weighted by Gasteiger charge is 2.34. The molecule has 1 aromatic carbocycles. The van der Waals surface area contributed by atoms with Gasteiger partial charge < -0.3 is 10.1 Å². The maximum absolute atomic E-state index is 12.4. The molecule has 0 radical (unpaired) electrons. The molecule has 3 amide bonds. The Hall–Kier alpha value is -2.75. The number of ether oxygens (including phenoxy) is 1. The Morgan fingerprint density at radius 3 is 2.68 bits per heavy atom. The number of fused-ring (bicyclic) bond motifs is 1. The average molecular weight is 408 g/mol. The number of amides is 3. The van der Waals surface area contributed by atoms with Crippen LogP contribution in [0.25, 0.3) is 0 Å². The minimum atomic E-state index is -3.15. The molecule has 0 saturated carbocycles. The Morgan fingerprint density at radius 2 is 2.00 bits per heavy atom. The smallest absolute Gasteiger partial charge is 0.326 e. The molecule has 1 aromatic rings. The fraction of sp³-hybridized carbons (Fsp3) is 0.444. The molecule has 28 heavy (non-hydrogen) atoms. The van der Waals surface area contributed by atoms with Gasteiger partial charge in [-0.05, 0) is 25.0 Å². The standard InChI is InChI=1S/C18H20N2O7S/c1-11(17(23)19-13-6-7-28(25,26)10-13)27-16(22)9-20-15(21)8-12-4-2-3-5-14(12)18(20)24/h2-5,11,13H,6-10H2,1H3,(H,19,23)/t11-,13-/m0/s1. The zero-order chi connectivity index (χ0) is 20.5. The highest BCUT2D eigenvalue weighted by Crippen LogP contribution is 2.19. The lowest BCUT2D eigenvalue weighted by Crippen LogP contribution is -2.47. The van der Waals surface area contributed by atoms with Gasteiger partial charge in [0.15, 0.2) is 15.9 Å². The van der Waals surface area contributed by atoms with Gasteiger partial charge in [-0.25, -0.2) is 8.42 Å². The molecule has 0 aromatic heterocycles. The number of rotatable bonds is 5. The molecule has 2 atom stereocenters. The van der Waals surface area contributed by atoms with Crippen LogP contribution >= 0.6 is 0 Å². The van der Waals surface area contributed by atoms with Crippen molar-refractivity contribution in [3.05, 3.63) is 35.4 Å². The second kappa shape index (κ2) is 7.70. The van der Waals surface area contributed by atoms with Gasteiger partial charge in [0.25, 0.3) is 11.8 Å². The SMILES string of the molecule is C[C@H](OC(=O)CN1C(=O)Cc2ccccc2C1=O)C(=O)N[C@H]1CCS(=O)(=O)C1. The second-order valence-corrected chi connectivity index (χ2v) is 9.09. The third-order valence-electron chi connectivity index (χ3n) is 4.68. The number of nitrogens with zero attached hydrogens (tertiary/aromatic N) is 1. The van der Waals surface area contributed by atoms with Crippen molar-refractivity contribution >= 4 is 33.5 Å². The van der Waals surface area contributed by atoms with Crippen LogP contribution in [-0.4, -0.2) is 67.2 Å². The highest BCUT2D eigenvalue weighted by atomic mass is 32.2. The van der Waals surface area contributed by atoms with Crippen LogP contribution in [0.15, 0.2) is 24.3 Å². The van der Waals surface area contributed by atoms with Crippen molar-refractivity contribution < 1.29 is 32.3 Å². The maximum Gasteiger partial charge on any atom is 0.326 e. The molecule has 2 heterocycles. The zero-order valence-electron chi connectivity index (χ0n) is 15.2. The van der Waals surface area contributed by atoms with Crippen molar-refractivity contribution in [2.75, 3.05) is 18.1 Å². The van der Waals surface area contributed by atoms with Gasteiger partial charge in [0.1, 0.15) is 6.54 Å². The van der Waals surface area contributed by atoms with Gasteiger partial charge >= 0.3 is 5.97 Å². The van der Waals surface area contributed by atoms with Crippen molar-refractivity contribution in [3.63, 3.8) is 0 Å². The molecule has 1 fully saturated rings. The Morgan fingerprint density at radius 1 is 1.29 bits per heavy atom. The molecule has 2 aliphatic rings. The molecule has 0 aliphatic carbocycles. The molecule has 0 spiro atoms. The van der Waals surface area contributed by atoms with E-state index in [1.165, 1.54) is 6.92 Å².